The van der Waals surface area contributed by atoms with E-state index in [2.05, 4.69) is 12.2 Å². The maximum absolute atomic E-state index is 5.84. The summed E-state index contributed by atoms with van der Waals surface area (Å²) in [5.74, 6) is 5.57. The van der Waals surface area contributed by atoms with Crippen LogP contribution in [-0.4, -0.2) is 6.10 Å². The van der Waals surface area contributed by atoms with Crippen LogP contribution < -0.4 is 5.73 Å². The molecule has 4 saturated carbocycles. The molecule has 1 spiro atoms. The van der Waals surface area contributed by atoms with Gasteiger partial charge in [-0.3, -0.25) is 0 Å². The van der Waals surface area contributed by atoms with E-state index in [0.29, 0.717) is 5.88 Å². The molecule has 2 N–H and O–H groups in total. The maximum Gasteiger partial charge on any atom is 0.184 e. The molecule has 2 nitrogen and oxygen atoms in total. The average molecular weight is 259 g/mol. The van der Waals surface area contributed by atoms with Crippen molar-refractivity contribution < 1.29 is 4.74 Å². The average Bonchev–Trinajstić information content (AvgIpc) is 2.71. The van der Waals surface area contributed by atoms with Gasteiger partial charge in [-0.25, -0.2) is 0 Å². The third-order valence-electron chi connectivity index (χ3n) is 6.47. The Morgan fingerprint density at radius 2 is 1.79 bits per heavy atom. The second kappa shape index (κ2) is 3.80. The molecule has 0 saturated heterocycles. The van der Waals surface area contributed by atoms with Crippen molar-refractivity contribution >= 4 is 0 Å². The van der Waals surface area contributed by atoms with Crippen molar-refractivity contribution in [2.24, 2.45) is 40.7 Å². The number of ether oxygens (including phenoxy) is 1. The lowest BCUT2D eigenvalue weighted by Gasteiger charge is -2.67. The highest BCUT2D eigenvalue weighted by molar-refractivity contribution is 5.29. The SMILES string of the molecule is CC(C)O/C(N)=C/C=C\[C@@H]1C2CC3CC4CC(C2)C341. The number of nitrogens with two attached hydrogens (primary N) is 1. The summed E-state index contributed by atoms with van der Waals surface area (Å²) < 4.78 is 5.46. The van der Waals surface area contributed by atoms with E-state index in [1.807, 2.05) is 19.9 Å². The zero-order valence-electron chi connectivity index (χ0n) is 12.0. The molecule has 2 heteroatoms. The number of hydrogen-bond acceptors (Lipinski definition) is 2. The van der Waals surface area contributed by atoms with Crippen molar-refractivity contribution in [3.05, 3.63) is 24.1 Å². The molecule has 4 rings (SSSR count). The monoisotopic (exact) mass is 259 g/mol. The highest BCUT2D eigenvalue weighted by Crippen LogP contribution is 2.83. The second-order valence-electron chi connectivity index (χ2n) is 7.44. The Kier molecular flexibility index (Phi) is 2.38. The Bertz CT molecular complexity index is 434. The third kappa shape index (κ3) is 1.38. The molecular formula is C17H25NO. The van der Waals surface area contributed by atoms with Gasteiger partial charge in [-0.1, -0.05) is 12.2 Å². The molecule has 2 bridgehead atoms. The van der Waals surface area contributed by atoms with Crippen LogP contribution in [0.4, 0.5) is 0 Å². The summed E-state index contributed by atoms with van der Waals surface area (Å²) in [5.41, 5.74) is 6.59. The summed E-state index contributed by atoms with van der Waals surface area (Å²) in [7, 11) is 0. The molecule has 0 aromatic heterocycles. The maximum atomic E-state index is 5.84. The standard InChI is InChI=1S/C17H25NO/c1-10(2)19-16(18)5-3-4-15-11-6-12-8-14-9-13(7-11)17(12,14)15/h3-5,10-15H,6-9,18H2,1-2H3/b4-3-,16-5+/t11?,12?,13?,14?,15-,17?/m1/s1. The number of fused-ring (bicyclic) bond motifs is 1. The minimum atomic E-state index is 0.162. The molecule has 0 aromatic carbocycles. The van der Waals surface area contributed by atoms with Crippen molar-refractivity contribution in [3.63, 3.8) is 0 Å². The first-order valence-electron chi connectivity index (χ1n) is 7.93. The van der Waals surface area contributed by atoms with Crippen LogP contribution in [0.1, 0.15) is 39.5 Å². The molecule has 2 unspecified atom stereocenters. The molecule has 0 amide bonds. The highest BCUT2D eigenvalue weighted by atomic mass is 16.5. The summed E-state index contributed by atoms with van der Waals surface area (Å²) in [5, 5.41) is 0. The van der Waals surface area contributed by atoms with E-state index in [-0.39, 0.29) is 6.10 Å². The smallest absolute Gasteiger partial charge is 0.184 e. The van der Waals surface area contributed by atoms with E-state index < -0.39 is 0 Å². The Hall–Kier alpha value is -0.920. The van der Waals surface area contributed by atoms with Gasteiger partial charge >= 0.3 is 0 Å². The highest BCUT2D eigenvalue weighted by Gasteiger charge is 2.76. The molecule has 0 aromatic rings. The van der Waals surface area contributed by atoms with E-state index >= 15 is 0 Å². The largest absolute Gasteiger partial charge is 0.477 e. The van der Waals surface area contributed by atoms with Gasteiger partial charge in [0.1, 0.15) is 0 Å². The molecule has 0 radical (unpaired) electrons. The van der Waals surface area contributed by atoms with Crippen molar-refractivity contribution in [3.8, 4) is 0 Å². The van der Waals surface area contributed by atoms with Crippen LogP contribution in [-0.2, 0) is 4.74 Å². The van der Waals surface area contributed by atoms with Crippen molar-refractivity contribution in [1.29, 1.82) is 0 Å². The van der Waals surface area contributed by atoms with Crippen molar-refractivity contribution in [2.75, 3.05) is 0 Å². The summed E-state index contributed by atoms with van der Waals surface area (Å²) in [6.45, 7) is 4.01. The molecular weight excluding hydrogens is 234 g/mol. The Morgan fingerprint density at radius 3 is 2.37 bits per heavy atom. The van der Waals surface area contributed by atoms with Crippen molar-refractivity contribution in [2.45, 2.75) is 45.6 Å². The van der Waals surface area contributed by atoms with Crippen LogP contribution in [0.15, 0.2) is 24.1 Å². The lowest BCUT2D eigenvalue weighted by atomic mass is 9.37. The van der Waals surface area contributed by atoms with Gasteiger partial charge in [-0.2, -0.15) is 0 Å². The fraction of sp³-hybridized carbons (Fsp3) is 0.765. The Morgan fingerprint density at radius 1 is 1.16 bits per heavy atom. The van der Waals surface area contributed by atoms with Gasteiger partial charge in [0.15, 0.2) is 5.88 Å². The first-order valence-corrected chi connectivity index (χ1v) is 7.93. The van der Waals surface area contributed by atoms with Gasteiger partial charge < -0.3 is 10.5 Å². The molecule has 0 heterocycles. The van der Waals surface area contributed by atoms with Gasteiger partial charge in [0.2, 0.25) is 0 Å². The molecule has 4 fully saturated rings. The lowest BCUT2D eigenvalue weighted by molar-refractivity contribution is -0.187. The van der Waals surface area contributed by atoms with Crippen molar-refractivity contribution in [1.82, 2.24) is 0 Å². The van der Waals surface area contributed by atoms with Crippen LogP contribution in [0, 0.1) is 35.0 Å². The lowest BCUT2D eigenvalue weighted by Crippen LogP contribution is -2.61. The van der Waals surface area contributed by atoms with E-state index in [0.717, 1.165) is 35.0 Å². The van der Waals surface area contributed by atoms with Gasteiger partial charge in [0.05, 0.1) is 6.10 Å². The zero-order valence-corrected chi connectivity index (χ0v) is 12.0. The number of hydrogen-bond donors (Lipinski definition) is 1. The van der Waals surface area contributed by atoms with E-state index in [1.165, 1.54) is 25.7 Å². The summed E-state index contributed by atoms with van der Waals surface area (Å²) in [6.07, 6.45) is 12.8. The summed E-state index contributed by atoms with van der Waals surface area (Å²) >= 11 is 0. The molecule has 3 atom stereocenters. The molecule has 4 aliphatic carbocycles. The first-order chi connectivity index (χ1) is 9.12. The molecule has 4 aliphatic rings. The van der Waals surface area contributed by atoms with Crippen LogP contribution in [0.2, 0.25) is 0 Å². The fourth-order valence-electron chi connectivity index (χ4n) is 6.13. The predicted octanol–water partition coefficient (Wildman–Crippen LogP) is 3.45. The number of rotatable bonds is 4. The van der Waals surface area contributed by atoms with Crippen LogP contribution in [0.5, 0.6) is 0 Å². The quantitative estimate of drug-likeness (QED) is 0.620. The predicted molar refractivity (Wildman–Crippen MR) is 76.0 cm³/mol. The Labute approximate surface area is 116 Å². The molecule has 104 valence electrons. The number of allylic oxidation sites excluding steroid dienone is 3. The van der Waals surface area contributed by atoms with E-state index in [9.17, 15) is 0 Å². The minimum Gasteiger partial charge on any atom is -0.477 e. The van der Waals surface area contributed by atoms with Crippen LogP contribution >= 0.6 is 0 Å². The van der Waals surface area contributed by atoms with E-state index in [1.54, 1.807) is 0 Å². The van der Waals surface area contributed by atoms with Crippen LogP contribution in [0.3, 0.4) is 0 Å². The molecule has 0 aliphatic heterocycles. The van der Waals surface area contributed by atoms with E-state index in [4.69, 9.17) is 10.5 Å². The fourth-order valence-corrected chi connectivity index (χ4v) is 6.13. The second-order valence-corrected chi connectivity index (χ2v) is 7.44. The summed E-state index contributed by atoms with van der Waals surface area (Å²) in [4.78, 5) is 0. The van der Waals surface area contributed by atoms with Gasteiger partial charge in [0, 0.05) is 0 Å². The van der Waals surface area contributed by atoms with Gasteiger partial charge in [-0.05, 0) is 80.6 Å². The topological polar surface area (TPSA) is 35.2 Å². The molecule has 19 heavy (non-hydrogen) atoms. The third-order valence-corrected chi connectivity index (χ3v) is 6.47. The van der Waals surface area contributed by atoms with Gasteiger partial charge in [0.25, 0.3) is 0 Å². The van der Waals surface area contributed by atoms with Gasteiger partial charge in [-0.15, -0.1) is 0 Å². The minimum absolute atomic E-state index is 0.162. The summed E-state index contributed by atoms with van der Waals surface area (Å²) in [6, 6.07) is 0. The first kappa shape index (κ1) is 11.9. The Balaban J connectivity index is 1.47. The van der Waals surface area contributed by atoms with Crippen LogP contribution in [0.25, 0.3) is 0 Å². The zero-order chi connectivity index (χ0) is 13.2. The normalized spacial score (nSPS) is 50.3.